The Balaban J connectivity index is 3.22. The summed E-state index contributed by atoms with van der Waals surface area (Å²) in [5, 5.41) is 8.98. The molecule has 0 amide bonds. The van der Waals surface area contributed by atoms with Crippen molar-refractivity contribution in [2.45, 2.75) is 13.0 Å². The van der Waals surface area contributed by atoms with Gasteiger partial charge in [-0.2, -0.15) is 0 Å². The van der Waals surface area contributed by atoms with Gasteiger partial charge in [-0.15, -0.1) is 0 Å². The summed E-state index contributed by atoms with van der Waals surface area (Å²) < 4.78 is 24.9. The van der Waals surface area contributed by atoms with E-state index < -0.39 is 13.0 Å². The molecule has 0 radical (unpaired) electrons. The molecule has 0 aromatic carbocycles. The smallest absolute Gasteiger partial charge is 0.280 e. The maximum Gasteiger partial charge on any atom is 0.280 e. The molecule has 1 aromatic heterocycles. The third-order valence-electron chi connectivity index (χ3n) is 1.38. The van der Waals surface area contributed by atoms with E-state index in [1.54, 1.807) is 0 Å². The average molecular weight is 319 g/mol. The van der Waals surface area contributed by atoms with E-state index in [1.807, 2.05) is 22.6 Å². The van der Waals surface area contributed by atoms with Gasteiger partial charge in [0, 0.05) is 3.57 Å². The van der Waals surface area contributed by atoms with E-state index in [9.17, 15) is 8.78 Å². The second-order valence-electron chi connectivity index (χ2n) is 2.25. The van der Waals surface area contributed by atoms with Gasteiger partial charge >= 0.3 is 0 Å². The summed E-state index contributed by atoms with van der Waals surface area (Å²) in [5.41, 5.74) is -0.276. The van der Waals surface area contributed by atoms with Crippen molar-refractivity contribution in [3.8, 4) is 0 Å². The van der Waals surface area contributed by atoms with Gasteiger partial charge in [0.2, 0.25) is 0 Å². The Labute approximate surface area is 92.1 Å². The van der Waals surface area contributed by atoms with Crippen molar-refractivity contribution in [1.82, 2.24) is 4.98 Å². The Morgan fingerprint density at radius 2 is 2.23 bits per heavy atom. The summed E-state index contributed by atoms with van der Waals surface area (Å²) in [6.07, 6.45) is -2.64. The third-order valence-corrected chi connectivity index (χ3v) is 2.97. The molecule has 1 aromatic rings. The first-order chi connectivity index (χ1) is 6.06. The van der Waals surface area contributed by atoms with Gasteiger partial charge < -0.3 is 5.11 Å². The van der Waals surface area contributed by atoms with Crippen LogP contribution in [0, 0.1) is 3.57 Å². The number of rotatable bonds is 2. The molecule has 0 aliphatic rings. The number of hydrogen-bond acceptors (Lipinski definition) is 2. The fourth-order valence-corrected chi connectivity index (χ4v) is 1.57. The van der Waals surface area contributed by atoms with Crippen molar-refractivity contribution in [1.29, 1.82) is 0 Å². The molecule has 1 N–H and O–H groups in total. The molecule has 0 bridgehead atoms. The molecule has 0 unspecified atom stereocenters. The van der Waals surface area contributed by atoms with Gasteiger partial charge in [-0.1, -0.05) is 11.6 Å². The third kappa shape index (κ3) is 2.47. The van der Waals surface area contributed by atoms with Gasteiger partial charge in [0.1, 0.15) is 5.69 Å². The van der Waals surface area contributed by atoms with E-state index in [-0.39, 0.29) is 16.4 Å². The molecule has 0 aliphatic carbocycles. The Morgan fingerprint density at radius 1 is 1.62 bits per heavy atom. The van der Waals surface area contributed by atoms with E-state index in [2.05, 4.69) is 4.98 Å². The molecular formula is C7H5ClF2INO. The molecule has 0 saturated carbocycles. The number of aromatic nitrogens is 1. The van der Waals surface area contributed by atoms with Crippen LogP contribution in [-0.2, 0) is 6.61 Å². The lowest BCUT2D eigenvalue weighted by Gasteiger charge is -2.05. The molecule has 6 heteroatoms. The summed E-state index contributed by atoms with van der Waals surface area (Å²) in [6, 6.07) is 1.20. The standard InChI is InChI=1S/C7H5ClF2INO/c8-6-3(11)1-4(7(9)10)12-5(6)2-13/h1,7,13H,2H2. The quantitative estimate of drug-likeness (QED) is 0.850. The SMILES string of the molecule is OCc1nc(C(F)F)cc(I)c1Cl. The number of hydrogen-bond donors (Lipinski definition) is 1. The van der Waals surface area contributed by atoms with Gasteiger partial charge in [0.25, 0.3) is 6.43 Å². The second kappa shape index (κ2) is 4.47. The first-order valence-electron chi connectivity index (χ1n) is 3.30. The second-order valence-corrected chi connectivity index (χ2v) is 3.79. The topological polar surface area (TPSA) is 33.1 Å². The molecule has 72 valence electrons. The minimum Gasteiger partial charge on any atom is -0.390 e. The molecule has 0 aliphatic heterocycles. The number of halogens is 4. The monoisotopic (exact) mass is 319 g/mol. The van der Waals surface area contributed by atoms with Crippen molar-refractivity contribution in [3.05, 3.63) is 26.0 Å². The number of aliphatic hydroxyl groups is 1. The molecular weight excluding hydrogens is 314 g/mol. The van der Waals surface area contributed by atoms with E-state index in [4.69, 9.17) is 16.7 Å². The van der Waals surface area contributed by atoms with Crippen molar-refractivity contribution in [3.63, 3.8) is 0 Å². The predicted octanol–water partition coefficient (Wildman–Crippen LogP) is 2.77. The normalized spacial score (nSPS) is 10.9. The molecule has 0 atom stereocenters. The number of pyridine rings is 1. The molecule has 1 heterocycles. The summed E-state index contributed by atoms with van der Waals surface area (Å²) in [5.74, 6) is 0. The van der Waals surface area contributed by atoms with E-state index in [0.717, 1.165) is 0 Å². The highest BCUT2D eigenvalue weighted by Crippen LogP contribution is 2.26. The molecule has 0 saturated heterocycles. The first kappa shape index (κ1) is 11.1. The first-order valence-corrected chi connectivity index (χ1v) is 4.75. The van der Waals surface area contributed by atoms with Crippen LogP contribution in [0.4, 0.5) is 8.78 Å². The van der Waals surface area contributed by atoms with E-state index in [0.29, 0.717) is 3.57 Å². The van der Waals surface area contributed by atoms with Crippen LogP contribution in [0.1, 0.15) is 17.8 Å². The number of aliphatic hydroxyl groups excluding tert-OH is 1. The van der Waals surface area contributed by atoms with Gasteiger partial charge in [0.05, 0.1) is 17.3 Å². The molecule has 0 spiro atoms. The number of nitrogens with zero attached hydrogens (tertiary/aromatic N) is 1. The summed E-state index contributed by atoms with van der Waals surface area (Å²) in [7, 11) is 0. The molecule has 1 rings (SSSR count). The fraction of sp³-hybridized carbons (Fsp3) is 0.286. The van der Waals surface area contributed by atoms with Crippen LogP contribution in [0.5, 0.6) is 0 Å². The molecule has 2 nitrogen and oxygen atoms in total. The Bertz CT molecular complexity index is 322. The highest BCUT2D eigenvalue weighted by atomic mass is 127. The van der Waals surface area contributed by atoms with Crippen LogP contribution in [0.2, 0.25) is 5.02 Å². The lowest BCUT2D eigenvalue weighted by molar-refractivity contribution is 0.145. The Hall–Kier alpha value is -0.0100. The van der Waals surface area contributed by atoms with Crippen LogP contribution >= 0.6 is 34.2 Å². The Kier molecular flexibility index (Phi) is 3.81. The van der Waals surface area contributed by atoms with Crippen LogP contribution in [0.3, 0.4) is 0 Å². The zero-order chi connectivity index (χ0) is 10.0. The number of alkyl halides is 2. The van der Waals surface area contributed by atoms with Gasteiger partial charge in [0.15, 0.2) is 0 Å². The summed E-state index contributed by atoms with van der Waals surface area (Å²) in [4.78, 5) is 3.51. The van der Waals surface area contributed by atoms with Crippen molar-refractivity contribution in [2.24, 2.45) is 0 Å². The largest absolute Gasteiger partial charge is 0.390 e. The zero-order valence-corrected chi connectivity index (χ0v) is 9.18. The van der Waals surface area contributed by atoms with Crippen molar-refractivity contribution >= 4 is 34.2 Å². The molecule has 13 heavy (non-hydrogen) atoms. The van der Waals surface area contributed by atoms with Crippen LogP contribution < -0.4 is 0 Å². The van der Waals surface area contributed by atoms with Gasteiger partial charge in [-0.25, -0.2) is 13.8 Å². The Morgan fingerprint density at radius 3 is 2.69 bits per heavy atom. The predicted molar refractivity (Wildman–Crippen MR) is 52.8 cm³/mol. The maximum absolute atomic E-state index is 12.2. The van der Waals surface area contributed by atoms with Crippen molar-refractivity contribution in [2.75, 3.05) is 0 Å². The fourth-order valence-electron chi connectivity index (χ4n) is 0.785. The van der Waals surface area contributed by atoms with Gasteiger partial charge in [-0.05, 0) is 28.7 Å². The average Bonchev–Trinajstić information content (AvgIpc) is 2.09. The minimum atomic E-state index is -2.64. The van der Waals surface area contributed by atoms with E-state index >= 15 is 0 Å². The van der Waals surface area contributed by atoms with Gasteiger partial charge in [-0.3, -0.25) is 0 Å². The van der Waals surface area contributed by atoms with Crippen LogP contribution in [0.25, 0.3) is 0 Å². The summed E-state index contributed by atoms with van der Waals surface area (Å²) >= 11 is 7.51. The minimum absolute atomic E-state index is 0.0869. The zero-order valence-electron chi connectivity index (χ0n) is 6.27. The maximum atomic E-state index is 12.2. The van der Waals surface area contributed by atoms with Crippen LogP contribution in [-0.4, -0.2) is 10.1 Å². The highest BCUT2D eigenvalue weighted by Gasteiger charge is 2.14. The lowest BCUT2D eigenvalue weighted by atomic mass is 10.3. The summed E-state index contributed by atoms with van der Waals surface area (Å²) in [6.45, 7) is -0.435. The lowest BCUT2D eigenvalue weighted by Crippen LogP contribution is -1.99. The molecule has 0 fully saturated rings. The highest BCUT2D eigenvalue weighted by molar-refractivity contribution is 14.1. The van der Waals surface area contributed by atoms with E-state index in [1.165, 1.54) is 6.07 Å². The van der Waals surface area contributed by atoms with Crippen molar-refractivity contribution < 1.29 is 13.9 Å². The van der Waals surface area contributed by atoms with Crippen LogP contribution in [0.15, 0.2) is 6.07 Å².